The van der Waals surface area contributed by atoms with Crippen molar-refractivity contribution in [3.05, 3.63) is 0 Å². The van der Waals surface area contributed by atoms with Crippen LogP contribution < -0.4 is 5.32 Å². The highest BCUT2D eigenvalue weighted by molar-refractivity contribution is 7.99. The van der Waals surface area contributed by atoms with Crippen LogP contribution in [0.4, 0.5) is 13.2 Å². The van der Waals surface area contributed by atoms with Crippen LogP contribution in [0.1, 0.15) is 19.3 Å². The fourth-order valence-electron chi connectivity index (χ4n) is 2.46. The number of ether oxygens (including phenoxy) is 1. The minimum atomic E-state index is -4.54. The van der Waals surface area contributed by atoms with Crippen molar-refractivity contribution in [3.63, 3.8) is 0 Å². The van der Waals surface area contributed by atoms with Crippen LogP contribution in [0.25, 0.3) is 0 Å². The number of nitrogens with one attached hydrogen (secondary N) is 1. The lowest BCUT2D eigenvalue weighted by Gasteiger charge is -2.38. The van der Waals surface area contributed by atoms with E-state index in [4.69, 9.17) is 9.84 Å². The Bertz CT molecular complexity index is 282. The van der Waals surface area contributed by atoms with E-state index in [1.807, 2.05) is 11.8 Å². The lowest BCUT2D eigenvalue weighted by molar-refractivity contribution is -0.202. The second-order valence-electron chi connectivity index (χ2n) is 4.99. The number of halogens is 3. The largest absolute Gasteiger partial charge is 0.415 e. The molecule has 2 rings (SSSR count). The average Bonchev–Trinajstić information content (AvgIpc) is 2.73. The van der Waals surface area contributed by atoms with E-state index in [2.05, 4.69) is 5.32 Å². The second kappa shape index (κ2) is 5.56. The maximum atomic E-state index is 12.2. The topological polar surface area (TPSA) is 41.5 Å². The monoisotopic (exact) mass is 285 g/mol. The van der Waals surface area contributed by atoms with Crippen molar-refractivity contribution in [1.29, 1.82) is 0 Å². The van der Waals surface area contributed by atoms with Crippen molar-refractivity contribution in [3.8, 4) is 0 Å². The van der Waals surface area contributed by atoms with E-state index in [1.165, 1.54) is 0 Å². The molecule has 0 aliphatic carbocycles. The quantitative estimate of drug-likeness (QED) is 0.825. The van der Waals surface area contributed by atoms with Gasteiger partial charge in [-0.1, -0.05) is 0 Å². The predicted molar refractivity (Wildman–Crippen MR) is 63.7 cm³/mol. The van der Waals surface area contributed by atoms with Gasteiger partial charge in [0.25, 0.3) is 0 Å². The van der Waals surface area contributed by atoms with E-state index in [9.17, 15) is 13.2 Å². The summed E-state index contributed by atoms with van der Waals surface area (Å²) in [7, 11) is 0. The third-order valence-electron chi connectivity index (χ3n) is 3.54. The van der Waals surface area contributed by atoms with Gasteiger partial charge in [0.2, 0.25) is 0 Å². The van der Waals surface area contributed by atoms with Gasteiger partial charge in [0, 0.05) is 24.9 Å². The Labute approximate surface area is 108 Å². The molecule has 3 unspecified atom stereocenters. The maximum Gasteiger partial charge on any atom is 0.415 e. The maximum absolute atomic E-state index is 12.2. The number of rotatable bonds is 3. The summed E-state index contributed by atoms with van der Waals surface area (Å²) in [6, 6.07) is 0.00875. The molecule has 0 aromatic heterocycles. The molecule has 0 amide bonds. The number of hydrogen-bond acceptors (Lipinski definition) is 4. The van der Waals surface area contributed by atoms with Gasteiger partial charge in [-0.2, -0.15) is 24.9 Å². The number of alkyl halides is 3. The Morgan fingerprint density at radius 3 is 2.89 bits per heavy atom. The van der Waals surface area contributed by atoms with Crippen molar-refractivity contribution in [2.45, 2.75) is 43.2 Å². The molecule has 0 saturated carbocycles. The van der Waals surface area contributed by atoms with Gasteiger partial charge in [0.15, 0.2) is 6.10 Å². The molecule has 106 valence electrons. The van der Waals surface area contributed by atoms with Crippen LogP contribution in [0.3, 0.4) is 0 Å². The number of thioether (sulfide) groups is 1. The fourth-order valence-corrected chi connectivity index (χ4v) is 3.84. The van der Waals surface area contributed by atoms with Gasteiger partial charge < -0.3 is 15.2 Å². The molecule has 2 saturated heterocycles. The van der Waals surface area contributed by atoms with Gasteiger partial charge in [-0.25, -0.2) is 0 Å². The van der Waals surface area contributed by atoms with E-state index >= 15 is 0 Å². The second-order valence-corrected chi connectivity index (χ2v) is 6.09. The molecule has 2 N–H and O–H groups in total. The third kappa shape index (κ3) is 3.53. The van der Waals surface area contributed by atoms with Crippen LogP contribution in [-0.2, 0) is 4.74 Å². The Morgan fingerprint density at radius 2 is 2.28 bits per heavy atom. The lowest BCUT2D eigenvalue weighted by Crippen LogP contribution is -2.50. The van der Waals surface area contributed by atoms with Gasteiger partial charge in [-0.3, -0.25) is 0 Å². The molecule has 2 fully saturated rings. The molecule has 0 aromatic rings. The van der Waals surface area contributed by atoms with E-state index in [0.29, 0.717) is 13.0 Å². The SMILES string of the molecule is OC(CNC1CCOC2(CCSC2)C1)C(F)(F)F. The van der Waals surface area contributed by atoms with Gasteiger partial charge in [0.1, 0.15) is 0 Å². The smallest absolute Gasteiger partial charge is 0.382 e. The van der Waals surface area contributed by atoms with Gasteiger partial charge in [0.05, 0.1) is 5.60 Å². The summed E-state index contributed by atoms with van der Waals surface area (Å²) in [6.45, 7) is 0.151. The van der Waals surface area contributed by atoms with Gasteiger partial charge in [-0.15, -0.1) is 0 Å². The number of aliphatic hydroxyl groups is 1. The van der Waals surface area contributed by atoms with Crippen molar-refractivity contribution in [2.75, 3.05) is 24.7 Å². The van der Waals surface area contributed by atoms with Crippen molar-refractivity contribution >= 4 is 11.8 Å². The molecule has 0 bridgehead atoms. The molecule has 3 atom stereocenters. The first kappa shape index (κ1) is 14.4. The molecule has 0 radical (unpaired) electrons. The summed E-state index contributed by atoms with van der Waals surface area (Å²) in [5.41, 5.74) is -0.149. The van der Waals surface area contributed by atoms with Crippen LogP contribution in [0, 0.1) is 0 Å². The third-order valence-corrected chi connectivity index (χ3v) is 4.76. The lowest BCUT2D eigenvalue weighted by atomic mass is 9.90. The van der Waals surface area contributed by atoms with Crippen LogP contribution in [0.2, 0.25) is 0 Å². The van der Waals surface area contributed by atoms with Gasteiger partial charge in [-0.05, 0) is 25.0 Å². The zero-order valence-corrected chi connectivity index (χ0v) is 10.8. The van der Waals surface area contributed by atoms with Crippen molar-refractivity contribution in [2.24, 2.45) is 0 Å². The van der Waals surface area contributed by atoms with Crippen LogP contribution in [-0.4, -0.2) is 53.7 Å². The summed E-state index contributed by atoms with van der Waals surface area (Å²) in [4.78, 5) is 0. The van der Waals surface area contributed by atoms with Crippen molar-refractivity contribution in [1.82, 2.24) is 5.32 Å². The summed E-state index contributed by atoms with van der Waals surface area (Å²) < 4.78 is 42.3. The molecule has 18 heavy (non-hydrogen) atoms. The molecular weight excluding hydrogens is 267 g/mol. The highest BCUT2D eigenvalue weighted by Gasteiger charge is 2.42. The fraction of sp³-hybridized carbons (Fsp3) is 1.00. The molecule has 0 aromatic carbocycles. The normalized spacial score (nSPS) is 35.0. The summed E-state index contributed by atoms with van der Waals surface area (Å²) >= 11 is 1.83. The highest BCUT2D eigenvalue weighted by atomic mass is 32.2. The van der Waals surface area contributed by atoms with E-state index in [0.717, 1.165) is 24.3 Å². The van der Waals surface area contributed by atoms with E-state index < -0.39 is 18.8 Å². The molecule has 1 spiro atoms. The zero-order valence-electron chi connectivity index (χ0n) is 10.0. The Balaban J connectivity index is 1.79. The minimum Gasteiger partial charge on any atom is -0.382 e. The predicted octanol–water partition coefficient (Wildman–Crippen LogP) is 1.55. The standard InChI is InChI=1S/C11H18F3NO2S/c12-11(13,14)9(16)6-15-8-1-3-17-10(5-8)2-4-18-7-10/h8-9,15-16H,1-7H2. The Hall–Kier alpha value is 0.0200. The van der Waals surface area contributed by atoms with E-state index in [1.54, 1.807) is 0 Å². The molecule has 2 aliphatic heterocycles. The van der Waals surface area contributed by atoms with Crippen LogP contribution >= 0.6 is 11.8 Å². The highest BCUT2D eigenvalue weighted by Crippen LogP contribution is 2.38. The van der Waals surface area contributed by atoms with Gasteiger partial charge >= 0.3 is 6.18 Å². The molecule has 2 heterocycles. The van der Waals surface area contributed by atoms with E-state index in [-0.39, 0.29) is 11.6 Å². The summed E-state index contributed by atoms with van der Waals surface area (Å²) in [5.74, 6) is 1.98. The first-order valence-electron chi connectivity index (χ1n) is 6.11. The molecule has 2 aliphatic rings. The van der Waals surface area contributed by atoms with Crippen LogP contribution in [0.15, 0.2) is 0 Å². The molecular formula is C11H18F3NO2S. The van der Waals surface area contributed by atoms with Crippen LogP contribution in [0.5, 0.6) is 0 Å². The zero-order chi connectivity index (χ0) is 13.2. The Morgan fingerprint density at radius 1 is 1.50 bits per heavy atom. The van der Waals surface area contributed by atoms with Crippen molar-refractivity contribution < 1.29 is 23.0 Å². The summed E-state index contributed by atoms with van der Waals surface area (Å²) in [5, 5.41) is 11.8. The average molecular weight is 285 g/mol. The number of hydrogen-bond donors (Lipinski definition) is 2. The number of aliphatic hydroxyl groups excluding tert-OH is 1. The molecule has 7 heteroatoms. The summed E-state index contributed by atoms with van der Waals surface area (Å²) in [6.07, 6.45) is -4.41. The minimum absolute atomic E-state index is 0.00875. The first-order valence-corrected chi connectivity index (χ1v) is 7.27. The molecule has 3 nitrogen and oxygen atoms in total. The first-order chi connectivity index (χ1) is 8.41. The Kier molecular flexibility index (Phi) is 4.46.